The molecule has 82 valence electrons. The molecule has 1 unspecified atom stereocenters. The van der Waals surface area contributed by atoms with Gasteiger partial charge in [-0.2, -0.15) is 8.42 Å². The molecular weight excluding hydrogens is 236 g/mol. The quantitative estimate of drug-likeness (QED) is 0.766. The Kier molecular flexibility index (Phi) is 2.44. The Balaban J connectivity index is 2.59. The van der Waals surface area contributed by atoms with Gasteiger partial charge in [0.1, 0.15) is 4.90 Å². The van der Waals surface area contributed by atoms with Gasteiger partial charge in [0, 0.05) is 11.3 Å². The minimum absolute atomic E-state index is 0.0175. The van der Waals surface area contributed by atoms with Crippen molar-refractivity contribution < 1.29 is 17.8 Å². The second-order valence-corrected chi connectivity index (χ2v) is 5.96. The highest BCUT2D eigenvalue weighted by Crippen LogP contribution is 2.34. The SMILES string of the molecule is CC1CCc2c(S(=O)(=O)O)csc2C1=O. The van der Waals surface area contributed by atoms with Gasteiger partial charge in [0.2, 0.25) is 0 Å². The Morgan fingerprint density at radius 3 is 2.80 bits per heavy atom. The first-order valence-corrected chi connectivity index (χ1v) is 6.85. The Labute approximate surface area is 91.7 Å². The van der Waals surface area contributed by atoms with Crippen molar-refractivity contribution in [3.8, 4) is 0 Å². The third-order valence-electron chi connectivity index (χ3n) is 2.63. The predicted octanol–water partition coefficient (Wildman–Crippen LogP) is 1.76. The molecule has 1 heterocycles. The summed E-state index contributed by atoms with van der Waals surface area (Å²) < 4.78 is 31.0. The highest BCUT2D eigenvalue weighted by Gasteiger charge is 2.30. The summed E-state index contributed by atoms with van der Waals surface area (Å²) in [7, 11) is -4.18. The summed E-state index contributed by atoms with van der Waals surface area (Å²) in [6.45, 7) is 1.83. The molecular formula is C9H10O4S2. The average molecular weight is 246 g/mol. The number of hydrogen-bond acceptors (Lipinski definition) is 4. The average Bonchev–Trinajstić information content (AvgIpc) is 2.54. The van der Waals surface area contributed by atoms with Crippen molar-refractivity contribution in [2.24, 2.45) is 5.92 Å². The van der Waals surface area contributed by atoms with Crippen LogP contribution in [0.5, 0.6) is 0 Å². The van der Waals surface area contributed by atoms with Crippen molar-refractivity contribution in [1.29, 1.82) is 0 Å². The van der Waals surface area contributed by atoms with Crippen LogP contribution in [0.2, 0.25) is 0 Å². The van der Waals surface area contributed by atoms with E-state index in [0.29, 0.717) is 23.3 Å². The monoisotopic (exact) mass is 246 g/mol. The number of carbonyl (C=O) groups is 1. The number of thiophene rings is 1. The summed E-state index contributed by atoms with van der Waals surface area (Å²) in [4.78, 5) is 12.1. The van der Waals surface area contributed by atoms with E-state index in [1.165, 1.54) is 5.38 Å². The number of ketones is 1. The predicted molar refractivity (Wildman–Crippen MR) is 55.9 cm³/mol. The van der Waals surface area contributed by atoms with E-state index >= 15 is 0 Å². The van der Waals surface area contributed by atoms with Crippen LogP contribution in [0.3, 0.4) is 0 Å². The Hall–Kier alpha value is -0.720. The Morgan fingerprint density at radius 2 is 2.20 bits per heavy atom. The standard InChI is InChI=1S/C9H10O4S2/c1-5-2-3-6-7(15(11,12)13)4-14-9(6)8(5)10/h4-5H,2-3H2,1H3,(H,11,12,13). The summed E-state index contributed by atoms with van der Waals surface area (Å²) >= 11 is 1.10. The van der Waals surface area contributed by atoms with Crippen LogP contribution >= 0.6 is 11.3 Å². The minimum Gasteiger partial charge on any atom is -0.293 e. The first kappa shape index (κ1) is 10.8. The zero-order valence-electron chi connectivity index (χ0n) is 8.06. The van der Waals surface area contributed by atoms with Crippen LogP contribution in [-0.4, -0.2) is 18.8 Å². The lowest BCUT2D eigenvalue weighted by atomic mass is 9.89. The fraction of sp³-hybridized carbons (Fsp3) is 0.444. The molecule has 1 atom stereocenters. The third kappa shape index (κ3) is 1.73. The van der Waals surface area contributed by atoms with E-state index in [1.807, 2.05) is 6.92 Å². The van der Waals surface area contributed by atoms with Crippen LogP contribution in [0.15, 0.2) is 10.3 Å². The van der Waals surface area contributed by atoms with E-state index in [4.69, 9.17) is 4.55 Å². The van der Waals surface area contributed by atoms with Crippen LogP contribution in [0, 0.1) is 5.92 Å². The molecule has 1 aromatic rings. The molecule has 0 spiro atoms. The number of carbonyl (C=O) groups excluding carboxylic acids is 1. The summed E-state index contributed by atoms with van der Waals surface area (Å²) in [5.74, 6) is -0.0680. The maximum absolute atomic E-state index is 11.7. The molecule has 0 aliphatic heterocycles. The number of Topliss-reactive ketones (excluding diaryl/α,β-unsaturated/α-hetero) is 1. The van der Waals surface area contributed by atoms with Crippen molar-refractivity contribution >= 4 is 27.2 Å². The third-order valence-corrected chi connectivity index (χ3v) is 4.74. The van der Waals surface area contributed by atoms with Crippen LogP contribution < -0.4 is 0 Å². The number of fused-ring (bicyclic) bond motifs is 1. The van der Waals surface area contributed by atoms with Gasteiger partial charge < -0.3 is 0 Å². The van der Waals surface area contributed by atoms with E-state index in [1.54, 1.807) is 0 Å². The van der Waals surface area contributed by atoms with Crippen molar-refractivity contribution in [3.63, 3.8) is 0 Å². The molecule has 0 bridgehead atoms. The lowest BCUT2D eigenvalue weighted by molar-refractivity contribution is 0.0918. The van der Waals surface area contributed by atoms with Crippen LogP contribution in [0.1, 0.15) is 28.6 Å². The van der Waals surface area contributed by atoms with Gasteiger partial charge in [-0.1, -0.05) is 6.92 Å². The lowest BCUT2D eigenvalue weighted by Crippen LogP contribution is -2.19. The summed E-state index contributed by atoms with van der Waals surface area (Å²) in [6.07, 6.45) is 1.19. The fourth-order valence-corrected chi connectivity index (χ4v) is 3.99. The highest BCUT2D eigenvalue weighted by atomic mass is 32.2. The first-order valence-electron chi connectivity index (χ1n) is 4.53. The number of rotatable bonds is 1. The van der Waals surface area contributed by atoms with Gasteiger partial charge in [-0.25, -0.2) is 0 Å². The van der Waals surface area contributed by atoms with E-state index in [9.17, 15) is 13.2 Å². The maximum Gasteiger partial charge on any atom is 0.295 e. The zero-order chi connectivity index (χ0) is 11.2. The van der Waals surface area contributed by atoms with Gasteiger partial charge in [0.05, 0.1) is 4.88 Å². The lowest BCUT2D eigenvalue weighted by Gasteiger charge is -2.16. The summed E-state index contributed by atoms with van der Waals surface area (Å²) in [5.41, 5.74) is 0.491. The van der Waals surface area contributed by atoms with E-state index in [2.05, 4.69) is 0 Å². The van der Waals surface area contributed by atoms with Gasteiger partial charge in [-0.15, -0.1) is 11.3 Å². The Bertz CT molecular complexity index is 512. The normalized spacial score (nSPS) is 21.5. The van der Waals surface area contributed by atoms with Crippen molar-refractivity contribution in [2.75, 3.05) is 0 Å². The van der Waals surface area contributed by atoms with E-state index in [0.717, 1.165) is 11.3 Å². The first-order chi connectivity index (χ1) is 6.91. The van der Waals surface area contributed by atoms with E-state index < -0.39 is 10.1 Å². The smallest absolute Gasteiger partial charge is 0.293 e. The van der Waals surface area contributed by atoms with Crippen LogP contribution in [0.4, 0.5) is 0 Å². The Morgan fingerprint density at radius 1 is 1.53 bits per heavy atom. The number of hydrogen-bond donors (Lipinski definition) is 1. The molecule has 1 aromatic heterocycles. The van der Waals surface area contributed by atoms with Crippen molar-refractivity contribution in [3.05, 3.63) is 15.8 Å². The molecule has 0 saturated carbocycles. The summed E-state index contributed by atoms with van der Waals surface area (Å²) in [6, 6.07) is 0. The second kappa shape index (κ2) is 3.40. The van der Waals surface area contributed by atoms with E-state index in [-0.39, 0.29) is 16.6 Å². The van der Waals surface area contributed by atoms with Crippen LogP contribution in [-0.2, 0) is 16.5 Å². The summed E-state index contributed by atoms with van der Waals surface area (Å²) in [5, 5.41) is 1.34. The van der Waals surface area contributed by atoms with Crippen molar-refractivity contribution in [1.82, 2.24) is 0 Å². The molecule has 1 N–H and O–H groups in total. The largest absolute Gasteiger partial charge is 0.295 e. The van der Waals surface area contributed by atoms with Gasteiger partial charge in [-0.05, 0) is 18.4 Å². The molecule has 0 aromatic carbocycles. The molecule has 6 heteroatoms. The van der Waals surface area contributed by atoms with Gasteiger partial charge in [-0.3, -0.25) is 9.35 Å². The van der Waals surface area contributed by atoms with Gasteiger partial charge >= 0.3 is 0 Å². The molecule has 1 aliphatic carbocycles. The molecule has 15 heavy (non-hydrogen) atoms. The molecule has 2 rings (SSSR count). The van der Waals surface area contributed by atoms with Crippen LogP contribution in [0.25, 0.3) is 0 Å². The molecule has 0 fully saturated rings. The highest BCUT2D eigenvalue weighted by molar-refractivity contribution is 7.86. The topological polar surface area (TPSA) is 71.4 Å². The maximum atomic E-state index is 11.7. The van der Waals surface area contributed by atoms with Gasteiger partial charge in [0.25, 0.3) is 10.1 Å². The minimum atomic E-state index is -4.18. The molecule has 4 nitrogen and oxygen atoms in total. The van der Waals surface area contributed by atoms with Crippen molar-refractivity contribution in [2.45, 2.75) is 24.7 Å². The zero-order valence-corrected chi connectivity index (χ0v) is 9.69. The molecule has 0 radical (unpaired) electrons. The molecule has 0 amide bonds. The second-order valence-electron chi connectivity index (χ2n) is 3.69. The van der Waals surface area contributed by atoms with Gasteiger partial charge in [0.15, 0.2) is 5.78 Å². The molecule has 0 saturated heterocycles. The molecule has 1 aliphatic rings. The fourth-order valence-electron chi connectivity index (χ4n) is 1.74.